The highest BCUT2D eigenvalue weighted by molar-refractivity contribution is 7.14. The summed E-state index contributed by atoms with van der Waals surface area (Å²) in [7, 11) is 0. The number of carbonyl (C=O) groups is 1. The Morgan fingerprint density at radius 1 is 1.36 bits per heavy atom. The van der Waals surface area contributed by atoms with E-state index in [1.807, 2.05) is 30.3 Å². The summed E-state index contributed by atoms with van der Waals surface area (Å²) in [5.41, 5.74) is 3.20. The Kier molecular flexibility index (Phi) is 4.24. The summed E-state index contributed by atoms with van der Waals surface area (Å²) in [6.07, 6.45) is 1.67. The number of para-hydroxylation sites is 2. The molecule has 0 aliphatic rings. The number of H-pyrrole nitrogens is 1. The first-order valence-electron chi connectivity index (χ1n) is 7.48. The zero-order valence-electron chi connectivity index (χ0n) is 12.8. The molecule has 4 nitrogen and oxygen atoms in total. The van der Waals surface area contributed by atoms with Gasteiger partial charge >= 0.3 is 0 Å². The van der Waals surface area contributed by atoms with Crippen LogP contribution in [0.4, 0.5) is 0 Å². The molecule has 5 heteroatoms. The lowest BCUT2D eigenvalue weighted by Gasteiger charge is -2.01. The number of hydrogen-bond acceptors (Lipinski definition) is 3. The van der Waals surface area contributed by atoms with Crippen molar-refractivity contribution < 1.29 is 4.79 Å². The van der Waals surface area contributed by atoms with Gasteiger partial charge in [-0.25, -0.2) is 4.98 Å². The van der Waals surface area contributed by atoms with Crippen molar-refractivity contribution in [2.45, 2.75) is 26.7 Å². The monoisotopic (exact) mass is 313 g/mol. The number of carbonyl (C=O) groups excluding carboxylic acids is 1. The Morgan fingerprint density at radius 2 is 2.18 bits per heavy atom. The van der Waals surface area contributed by atoms with Crippen molar-refractivity contribution in [1.29, 1.82) is 0 Å². The molecular formula is C17H19N3OS. The second kappa shape index (κ2) is 6.32. The van der Waals surface area contributed by atoms with Crippen LogP contribution in [-0.2, 0) is 12.8 Å². The maximum Gasteiger partial charge on any atom is 0.261 e. The van der Waals surface area contributed by atoms with E-state index in [0.29, 0.717) is 13.0 Å². The molecule has 2 aromatic heterocycles. The molecule has 114 valence electrons. The lowest BCUT2D eigenvalue weighted by molar-refractivity contribution is 0.0958. The topological polar surface area (TPSA) is 57.8 Å². The minimum Gasteiger partial charge on any atom is -0.351 e. The number of aromatic nitrogens is 2. The van der Waals surface area contributed by atoms with Crippen molar-refractivity contribution in [2.24, 2.45) is 0 Å². The predicted octanol–water partition coefficient (Wildman–Crippen LogP) is 3.47. The molecule has 0 aliphatic heterocycles. The minimum atomic E-state index is 0.00362. The number of benzene rings is 1. The summed E-state index contributed by atoms with van der Waals surface area (Å²) in [6, 6.07) is 9.91. The molecule has 0 saturated carbocycles. The Bertz CT molecular complexity index is 770. The van der Waals surface area contributed by atoms with Crippen LogP contribution in [-0.4, -0.2) is 22.4 Å². The van der Waals surface area contributed by atoms with Gasteiger partial charge in [-0.1, -0.05) is 19.1 Å². The Labute approximate surface area is 133 Å². The first-order valence-corrected chi connectivity index (χ1v) is 8.30. The van der Waals surface area contributed by atoms with Crippen LogP contribution >= 0.6 is 11.3 Å². The molecule has 0 saturated heterocycles. The number of aromatic amines is 1. The van der Waals surface area contributed by atoms with Crippen LogP contribution in [0.5, 0.6) is 0 Å². The molecule has 0 aliphatic carbocycles. The maximum atomic E-state index is 12.2. The van der Waals surface area contributed by atoms with E-state index in [1.165, 1.54) is 10.4 Å². The zero-order chi connectivity index (χ0) is 15.5. The van der Waals surface area contributed by atoms with Gasteiger partial charge in [0.2, 0.25) is 0 Å². The highest BCUT2D eigenvalue weighted by atomic mass is 32.1. The third kappa shape index (κ3) is 3.04. The number of rotatable bonds is 5. The normalized spacial score (nSPS) is 11.0. The van der Waals surface area contributed by atoms with E-state index in [0.717, 1.165) is 28.2 Å². The average Bonchev–Trinajstić information content (AvgIpc) is 3.09. The molecule has 3 aromatic rings. The second-order valence-corrected chi connectivity index (χ2v) is 6.41. The summed E-state index contributed by atoms with van der Waals surface area (Å²) >= 11 is 1.58. The Hall–Kier alpha value is -2.14. The van der Waals surface area contributed by atoms with Crippen LogP contribution in [0.3, 0.4) is 0 Å². The summed E-state index contributed by atoms with van der Waals surface area (Å²) in [6.45, 7) is 4.75. The number of nitrogens with zero attached hydrogens (tertiary/aromatic N) is 1. The van der Waals surface area contributed by atoms with Crippen LogP contribution in [0.25, 0.3) is 11.0 Å². The summed E-state index contributed by atoms with van der Waals surface area (Å²) in [5.74, 6) is 0.905. The molecule has 22 heavy (non-hydrogen) atoms. The third-order valence-corrected chi connectivity index (χ3v) is 5.03. The van der Waals surface area contributed by atoms with Crippen molar-refractivity contribution in [3.05, 3.63) is 51.5 Å². The van der Waals surface area contributed by atoms with Crippen molar-refractivity contribution in [3.8, 4) is 0 Å². The Balaban J connectivity index is 1.59. The van der Waals surface area contributed by atoms with E-state index in [4.69, 9.17) is 0 Å². The van der Waals surface area contributed by atoms with Crippen LogP contribution in [0.2, 0.25) is 0 Å². The average molecular weight is 313 g/mol. The zero-order valence-corrected chi connectivity index (χ0v) is 13.6. The fourth-order valence-corrected chi connectivity index (χ4v) is 3.52. The van der Waals surface area contributed by atoms with Crippen molar-refractivity contribution in [2.75, 3.05) is 6.54 Å². The highest BCUT2D eigenvalue weighted by Crippen LogP contribution is 2.22. The summed E-state index contributed by atoms with van der Waals surface area (Å²) in [4.78, 5) is 22.0. The maximum absolute atomic E-state index is 12.2. The van der Waals surface area contributed by atoms with E-state index in [1.54, 1.807) is 11.3 Å². The van der Waals surface area contributed by atoms with Gasteiger partial charge in [0.05, 0.1) is 15.9 Å². The highest BCUT2D eigenvalue weighted by Gasteiger charge is 2.11. The number of imidazole rings is 1. The van der Waals surface area contributed by atoms with Crippen LogP contribution in [0.15, 0.2) is 30.3 Å². The molecule has 0 radical (unpaired) electrons. The Morgan fingerprint density at radius 3 is 2.91 bits per heavy atom. The molecule has 2 N–H and O–H groups in total. The van der Waals surface area contributed by atoms with Crippen LogP contribution < -0.4 is 5.32 Å². The van der Waals surface area contributed by atoms with E-state index in [9.17, 15) is 4.79 Å². The van der Waals surface area contributed by atoms with Crippen LogP contribution in [0, 0.1) is 6.92 Å². The first kappa shape index (κ1) is 14.8. The molecular weight excluding hydrogens is 294 g/mol. The molecule has 1 amide bonds. The fraction of sp³-hybridized carbons (Fsp3) is 0.294. The van der Waals surface area contributed by atoms with E-state index in [-0.39, 0.29) is 5.91 Å². The minimum absolute atomic E-state index is 0.00362. The number of fused-ring (bicyclic) bond motifs is 1. The number of nitrogens with one attached hydrogen (secondary N) is 2. The molecule has 1 aromatic carbocycles. The van der Waals surface area contributed by atoms with Gasteiger partial charge in [-0.3, -0.25) is 4.79 Å². The first-order chi connectivity index (χ1) is 10.7. The van der Waals surface area contributed by atoms with Gasteiger partial charge in [0.1, 0.15) is 5.82 Å². The fourth-order valence-electron chi connectivity index (χ4n) is 2.49. The third-order valence-electron chi connectivity index (χ3n) is 3.65. The lowest BCUT2D eigenvalue weighted by Crippen LogP contribution is -2.25. The number of thiophene rings is 1. The quantitative estimate of drug-likeness (QED) is 0.758. The molecule has 0 fully saturated rings. The van der Waals surface area contributed by atoms with E-state index < -0.39 is 0 Å². The van der Waals surface area contributed by atoms with Gasteiger partial charge in [0.15, 0.2) is 0 Å². The standard InChI is InChI=1S/C17H19N3OS/c1-3-14-11(2)10-15(22-14)17(21)18-9-8-16-19-12-6-4-5-7-13(12)20-16/h4-7,10H,3,8-9H2,1-2H3,(H,18,21)(H,19,20). The van der Waals surface area contributed by atoms with E-state index in [2.05, 4.69) is 29.1 Å². The number of hydrogen-bond donors (Lipinski definition) is 2. The molecule has 3 rings (SSSR count). The van der Waals surface area contributed by atoms with Gasteiger partial charge in [-0.2, -0.15) is 0 Å². The van der Waals surface area contributed by atoms with Gasteiger partial charge < -0.3 is 10.3 Å². The summed E-state index contributed by atoms with van der Waals surface area (Å²) in [5, 5.41) is 2.97. The number of amides is 1. The van der Waals surface area contributed by atoms with Gasteiger partial charge in [-0.05, 0) is 37.1 Å². The van der Waals surface area contributed by atoms with Crippen molar-refractivity contribution >= 4 is 28.3 Å². The molecule has 0 unspecified atom stereocenters. The predicted molar refractivity (Wildman–Crippen MR) is 90.6 cm³/mol. The SMILES string of the molecule is CCc1sc(C(=O)NCCc2nc3ccccc3[nH]2)cc1C. The molecule has 0 spiro atoms. The van der Waals surface area contributed by atoms with E-state index >= 15 is 0 Å². The molecule has 2 heterocycles. The largest absolute Gasteiger partial charge is 0.351 e. The van der Waals surface area contributed by atoms with Crippen molar-refractivity contribution in [3.63, 3.8) is 0 Å². The van der Waals surface area contributed by atoms with Gasteiger partial charge in [0.25, 0.3) is 5.91 Å². The smallest absolute Gasteiger partial charge is 0.261 e. The van der Waals surface area contributed by atoms with Gasteiger partial charge in [-0.15, -0.1) is 11.3 Å². The van der Waals surface area contributed by atoms with Crippen molar-refractivity contribution in [1.82, 2.24) is 15.3 Å². The lowest BCUT2D eigenvalue weighted by atomic mass is 10.2. The number of aryl methyl sites for hydroxylation is 2. The molecule has 0 bridgehead atoms. The van der Waals surface area contributed by atoms with Crippen LogP contribution in [0.1, 0.15) is 32.9 Å². The van der Waals surface area contributed by atoms with Gasteiger partial charge in [0, 0.05) is 17.8 Å². The molecule has 0 atom stereocenters. The summed E-state index contributed by atoms with van der Waals surface area (Å²) < 4.78 is 0. The second-order valence-electron chi connectivity index (χ2n) is 5.28.